The van der Waals surface area contributed by atoms with Gasteiger partial charge in [-0.15, -0.1) is 0 Å². The Labute approximate surface area is 168 Å². The quantitative estimate of drug-likeness (QED) is 0.683. The number of amides is 2. The van der Waals surface area contributed by atoms with E-state index in [1.165, 1.54) is 0 Å². The Bertz CT molecular complexity index is 918. The number of urea groups is 1. The number of benzene rings is 1. The minimum Gasteiger partial charge on any atom is -0.497 e. The first-order chi connectivity index (χ1) is 14.2. The van der Waals surface area contributed by atoms with E-state index >= 15 is 0 Å². The number of carbonyl (C=O) groups is 1. The molecule has 1 aromatic carbocycles. The molecule has 0 aliphatic carbocycles. The molecule has 0 radical (unpaired) electrons. The smallest absolute Gasteiger partial charge is 0.321 e. The Kier molecular flexibility index (Phi) is 5.60. The van der Waals surface area contributed by atoms with Crippen molar-refractivity contribution in [2.24, 2.45) is 0 Å². The van der Waals surface area contributed by atoms with Crippen molar-refractivity contribution in [3.05, 3.63) is 60.8 Å². The van der Waals surface area contributed by atoms with E-state index in [0.29, 0.717) is 36.3 Å². The van der Waals surface area contributed by atoms with Gasteiger partial charge in [0.05, 0.1) is 25.3 Å². The second kappa shape index (κ2) is 8.64. The maximum atomic E-state index is 12.5. The summed E-state index contributed by atoms with van der Waals surface area (Å²) in [6.07, 6.45) is 6.99. The average molecular weight is 393 g/mol. The molecule has 0 atom stereocenters. The number of nitrogens with zero attached hydrogens (tertiary/aromatic N) is 3. The summed E-state index contributed by atoms with van der Waals surface area (Å²) in [4.78, 5) is 25.9. The van der Waals surface area contributed by atoms with Crippen LogP contribution in [0.25, 0.3) is 0 Å². The van der Waals surface area contributed by atoms with Crippen molar-refractivity contribution in [3.8, 4) is 17.4 Å². The van der Waals surface area contributed by atoms with Gasteiger partial charge in [-0.2, -0.15) is 0 Å². The molecule has 2 N–H and O–H groups in total. The third-order valence-electron chi connectivity index (χ3n) is 5.01. The Morgan fingerprint density at radius 1 is 1.10 bits per heavy atom. The molecule has 8 heteroatoms. The summed E-state index contributed by atoms with van der Waals surface area (Å²) in [6, 6.07) is 10.6. The van der Waals surface area contributed by atoms with Gasteiger partial charge in [-0.05, 0) is 43.2 Å². The van der Waals surface area contributed by atoms with Gasteiger partial charge in [0.25, 0.3) is 0 Å². The van der Waals surface area contributed by atoms with Crippen LogP contribution >= 0.6 is 0 Å². The first-order valence-electron chi connectivity index (χ1n) is 9.53. The number of nitrogens with one attached hydrogen (secondary N) is 2. The highest BCUT2D eigenvalue weighted by Crippen LogP contribution is 2.27. The summed E-state index contributed by atoms with van der Waals surface area (Å²) in [7, 11) is 1.62. The maximum absolute atomic E-state index is 12.5. The minimum absolute atomic E-state index is 0.112. The fourth-order valence-electron chi connectivity index (χ4n) is 3.37. The third kappa shape index (κ3) is 4.66. The number of imidazole rings is 1. The first kappa shape index (κ1) is 18.8. The predicted octanol–water partition coefficient (Wildman–Crippen LogP) is 4.02. The SMILES string of the molecule is COc1ccc(Oc2ccc(NC(=O)N3CCC(c4cnc[nH]4)CC3)cn2)cc1. The van der Waals surface area contributed by atoms with Crippen LogP contribution in [0.3, 0.4) is 0 Å². The molecule has 1 aliphatic rings. The van der Waals surface area contributed by atoms with Gasteiger partial charge in [0.2, 0.25) is 5.88 Å². The van der Waals surface area contributed by atoms with Crippen molar-refractivity contribution >= 4 is 11.7 Å². The molecule has 29 heavy (non-hydrogen) atoms. The summed E-state index contributed by atoms with van der Waals surface area (Å²) >= 11 is 0. The number of rotatable bonds is 5. The number of ether oxygens (including phenoxy) is 2. The monoisotopic (exact) mass is 393 g/mol. The van der Waals surface area contributed by atoms with Crippen LogP contribution in [0.2, 0.25) is 0 Å². The van der Waals surface area contributed by atoms with E-state index in [4.69, 9.17) is 9.47 Å². The lowest BCUT2D eigenvalue weighted by Gasteiger charge is -2.31. The molecule has 3 aromatic rings. The molecule has 2 aromatic heterocycles. The van der Waals surface area contributed by atoms with Crippen LogP contribution in [0.4, 0.5) is 10.5 Å². The molecule has 1 saturated heterocycles. The summed E-state index contributed by atoms with van der Waals surface area (Å²) in [6.45, 7) is 1.42. The van der Waals surface area contributed by atoms with Gasteiger partial charge in [0.15, 0.2) is 0 Å². The van der Waals surface area contributed by atoms with Crippen molar-refractivity contribution in [2.75, 3.05) is 25.5 Å². The highest BCUT2D eigenvalue weighted by molar-refractivity contribution is 5.89. The lowest BCUT2D eigenvalue weighted by Crippen LogP contribution is -2.40. The minimum atomic E-state index is -0.112. The number of pyridine rings is 1. The number of carbonyl (C=O) groups excluding carboxylic acids is 1. The van der Waals surface area contributed by atoms with Crippen LogP contribution < -0.4 is 14.8 Å². The van der Waals surface area contributed by atoms with E-state index in [-0.39, 0.29) is 6.03 Å². The highest BCUT2D eigenvalue weighted by atomic mass is 16.5. The number of hydrogen-bond acceptors (Lipinski definition) is 5. The van der Waals surface area contributed by atoms with Gasteiger partial charge in [-0.3, -0.25) is 0 Å². The van der Waals surface area contributed by atoms with Gasteiger partial charge in [-0.1, -0.05) is 0 Å². The molecule has 1 fully saturated rings. The van der Waals surface area contributed by atoms with Crippen LogP contribution in [-0.2, 0) is 0 Å². The summed E-state index contributed by atoms with van der Waals surface area (Å²) < 4.78 is 10.8. The Morgan fingerprint density at radius 3 is 2.48 bits per heavy atom. The van der Waals surface area contributed by atoms with Crippen molar-refractivity contribution in [2.45, 2.75) is 18.8 Å². The maximum Gasteiger partial charge on any atom is 0.321 e. The van der Waals surface area contributed by atoms with E-state index in [0.717, 1.165) is 24.3 Å². The number of methoxy groups -OCH3 is 1. The topological polar surface area (TPSA) is 92.4 Å². The molecular formula is C21H23N5O3. The van der Waals surface area contributed by atoms with Crippen molar-refractivity contribution in [3.63, 3.8) is 0 Å². The standard InChI is InChI=1S/C21H23N5O3/c1-28-17-3-5-18(6-4-17)29-20-7-2-16(12-23-20)25-21(27)26-10-8-15(9-11-26)19-13-22-14-24-19/h2-7,12-15H,8-11H2,1H3,(H,22,24)(H,25,27). The molecule has 2 amide bonds. The van der Waals surface area contributed by atoms with Crippen LogP contribution in [-0.4, -0.2) is 46.1 Å². The third-order valence-corrected chi connectivity index (χ3v) is 5.01. The fourth-order valence-corrected chi connectivity index (χ4v) is 3.37. The van der Waals surface area contributed by atoms with E-state index < -0.39 is 0 Å². The van der Waals surface area contributed by atoms with Gasteiger partial charge in [0, 0.05) is 37.0 Å². The molecule has 0 unspecified atom stereocenters. The molecule has 1 aliphatic heterocycles. The number of hydrogen-bond donors (Lipinski definition) is 2. The number of likely N-dealkylation sites (tertiary alicyclic amines) is 1. The van der Waals surface area contributed by atoms with Crippen LogP contribution in [0.15, 0.2) is 55.1 Å². The molecule has 0 bridgehead atoms. The molecule has 150 valence electrons. The molecule has 0 saturated carbocycles. The van der Waals surface area contributed by atoms with Gasteiger partial charge in [0.1, 0.15) is 11.5 Å². The fraction of sp³-hybridized carbons (Fsp3) is 0.286. The second-order valence-corrected chi connectivity index (χ2v) is 6.86. The van der Waals surface area contributed by atoms with Crippen molar-refractivity contribution in [1.29, 1.82) is 0 Å². The number of aromatic nitrogens is 3. The lowest BCUT2D eigenvalue weighted by molar-refractivity contribution is 0.194. The molecule has 0 spiro atoms. The lowest BCUT2D eigenvalue weighted by atomic mass is 9.94. The Hall–Kier alpha value is -3.55. The summed E-state index contributed by atoms with van der Waals surface area (Å²) in [5.41, 5.74) is 1.77. The molecular weight excluding hydrogens is 370 g/mol. The predicted molar refractivity (Wildman–Crippen MR) is 108 cm³/mol. The van der Waals surface area contributed by atoms with E-state index in [1.807, 2.05) is 35.4 Å². The van der Waals surface area contributed by atoms with Gasteiger partial charge >= 0.3 is 6.03 Å². The summed E-state index contributed by atoms with van der Waals surface area (Å²) in [5, 5.41) is 2.90. The van der Waals surface area contributed by atoms with E-state index in [1.54, 1.807) is 31.8 Å². The molecule has 4 rings (SSSR count). The van der Waals surface area contributed by atoms with Crippen LogP contribution in [0.5, 0.6) is 17.4 Å². The zero-order chi connectivity index (χ0) is 20.1. The number of aromatic amines is 1. The Balaban J connectivity index is 1.28. The van der Waals surface area contributed by atoms with Crippen molar-refractivity contribution in [1.82, 2.24) is 19.9 Å². The Morgan fingerprint density at radius 2 is 1.86 bits per heavy atom. The molecule has 3 heterocycles. The van der Waals surface area contributed by atoms with Gasteiger partial charge < -0.3 is 24.7 Å². The van der Waals surface area contributed by atoms with E-state index in [2.05, 4.69) is 20.3 Å². The largest absolute Gasteiger partial charge is 0.497 e. The highest BCUT2D eigenvalue weighted by Gasteiger charge is 2.24. The zero-order valence-corrected chi connectivity index (χ0v) is 16.2. The van der Waals surface area contributed by atoms with Crippen molar-refractivity contribution < 1.29 is 14.3 Å². The normalized spacial score (nSPS) is 14.4. The molecule has 8 nitrogen and oxygen atoms in total. The average Bonchev–Trinajstić information content (AvgIpc) is 3.31. The van der Waals surface area contributed by atoms with Gasteiger partial charge in [-0.25, -0.2) is 14.8 Å². The second-order valence-electron chi connectivity index (χ2n) is 6.86. The number of anilines is 1. The first-order valence-corrected chi connectivity index (χ1v) is 9.53. The van der Waals surface area contributed by atoms with Crippen LogP contribution in [0, 0.1) is 0 Å². The zero-order valence-electron chi connectivity index (χ0n) is 16.2. The number of H-pyrrole nitrogens is 1. The summed E-state index contributed by atoms with van der Waals surface area (Å²) in [5.74, 6) is 2.30. The van der Waals surface area contributed by atoms with E-state index in [9.17, 15) is 4.79 Å². The van der Waals surface area contributed by atoms with Crippen LogP contribution in [0.1, 0.15) is 24.5 Å². The number of piperidine rings is 1.